The van der Waals surface area contributed by atoms with E-state index in [1.807, 2.05) is 6.07 Å². The SMILES string of the molecule is CN(CCn1ncc2nc(NCc3ccc(Cl)c(Cl)c3)[nH]c(=O)c21)C(=O)c1cnoc1. The number of hydrogen-bond donors (Lipinski definition) is 2. The first-order chi connectivity index (χ1) is 14.9. The summed E-state index contributed by atoms with van der Waals surface area (Å²) >= 11 is 12.0. The number of hydrogen-bond acceptors (Lipinski definition) is 7. The van der Waals surface area contributed by atoms with Gasteiger partial charge in [0.1, 0.15) is 11.8 Å². The first-order valence-electron chi connectivity index (χ1n) is 9.21. The molecule has 0 fully saturated rings. The Morgan fingerprint density at radius 1 is 1.29 bits per heavy atom. The van der Waals surface area contributed by atoms with Gasteiger partial charge in [0.05, 0.1) is 34.5 Å². The van der Waals surface area contributed by atoms with Gasteiger partial charge in [-0.3, -0.25) is 19.3 Å². The summed E-state index contributed by atoms with van der Waals surface area (Å²) in [6, 6.07) is 5.27. The molecule has 0 atom stereocenters. The predicted molar refractivity (Wildman–Crippen MR) is 115 cm³/mol. The molecule has 0 saturated carbocycles. The van der Waals surface area contributed by atoms with Crippen LogP contribution in [-0.2, 0) is 13.1 Å². The van der Waals surface area contributed by atoms with Gasteiger partial charge < -0.3 is 14.7 Å². The van der Waals surface area contributed by atoms with Crippen LogP contribution >= 0.6 is 23.2 Å². The summed E-state index contributed by atoms with van der Waals surface area (Å²) in [4.78, 5) is 33.5. The average molecular weight is 462 g/mol. The van der Waals surface area contributed by atoms with Crippen LogP contribution in [0, 0.1) is 0 Å². The maximum atomic E-state index is 12.6. The summed E-state index contributed by atoms with van der Waals surface area (Å²) in [5, 5.41) is 11.7. The van der Waals surface area contributed by atoms with E-state index in [0.29, 0.717) is 52.2 Å². The van der Waals surface area contributed by atoms with Crippen LogP contribution in [-0.4, -0.2) is 49.3 Å². The number of carbonyl (C=O) groups is 1. The molecule has 0 aliphatic heterocycles. The van der Waals surface area contributed by atoms with Gasteiger partial charge in [-0.15, -0.1) is 0 Å². The highest BCUT2D eigenvalue weighted by molar-refractivity contribution is 6.42. The van der Waals surface area contributed by atoms with Gasteiger partial charge in [0, 0.05) is 20.1 Å². The molecule has 0 radical (unpaired) electrons. The lowest BCUT2D eigenvalue weighted by atomic mass is 10.2. The first kappa shape index (κ1) is 20.9. The number of anilines is 1. The molecule has 0 spiro atoms. The Labute approximate surface area is 185 Å². The molecule has 10 nitrogen and oxygen atoms in total. The highest BCUT2D eigenvalue weighted by Crippen LogP contribution is 2.22. The molecule has 0 unspecified atom stereocenters. The Hall–Kier alpha value is -3.37. The molecule has 31 heavy (non-hydrogen) atoms. The number of fused-ring (bicyclic) bond motifs is 1. The fourth-order valence-corrected chi connectivity index (χ4v) is 3.29. The van der Waals surface area contributed by atoms with Crippen molar-refractivity contribution >= 4 is 46.1 Å². The maximum absolute atomic E-state index is 12.6. The standard InChI is InChI=1S/C19H17Cl2N7O3/c1-27(18(30)12-8-24-31-10-12)4-5-28-16-15(9-23-28)25-19(26-17(16)29)22-7-11-2-3-13(20)14(21)6-11/h2-3,6,8-10H,4-5,7H2,1H3,(H2,22,25,26,29). The number of aromatic amines is 1. The van der Waals surface area contributed by atoms with Crippen molar-refractivity contribution in [2.45, 2.75) is 13.1 Å². The van der Waals surface area contributed by atoms with Crippen molar-refractivity contribution in [3.63, 3.8) is 0 Å². The summed E-state index contributed by atoms with van der Waals surface area (Å²) in [6.45, 7) is 1.05. The minimum atomic E-state index is -0.341. The van der Waals surface area contributed by atoms with Gasteiger partial charge in [-0.1, -0.05) is 34.4 Å². The number of benzene rings is 1. The van der Waals surface area contributed by atoms with E-state index in [1.54, 1.807) is 19.2 Å². The van der Waals surface area contributed by atoms with Gasteiger partial charge in [-0.2, -0.15) is 5.10 Å². The Morgan fingerprint density at radius 2 is 2.13 bits per heavy atom. The van der Waals surface area contributed by atoms with E-state index < -0.39 is 0 Å². The van der Waals surface area contributed by atoms with Crippen LogP contribution in [0.15, 0.2) is 46.2 Å². The summed E-state index contributed by atoms with van der Waals surface area (Å²) in [6.07, 6.45) is 4.14. The van der Waals surface area contributed by atoms with E-state index in [4.69, 9.17) is 27.7 Å². The number of carbonyl (C=O) groups excluding carboxylic acids is 1. The number of aromatic nitrogens is 5. The zero-order valence-corrected chi connectivity index (χ0v) is 17.8. The zero-order chi connectivity index (χ0) is 22.0. The van der Waals surface area contributed by atoms with Crippen LogP contribution in [0.2, 0.25) is 10.0 Å². The van der Waals surface area contributed by atoms with Crippen LogP contribution in [0.3, 0.4) is 0 Å². The second-order valence-corrected chi connectivity index (χ2v) is 7.57. The minimum absolute atomic E-state index is 0.237. The molecule has 12 heteroatoms. The molecule has 1 aromatic carbocycles. The molecular weight excluding hydrogens is 445 g/mol. The minimum Gasteiger partial charge on any atom is -0.364 e. The molecular formula is C19H17Cl2N7O3. The Morgan fingerprint density at radius 3 is 2.87 bits per heavy atom. The lowest BCUT2D eigenvalue weighted by molar-refractivity contribution is 0.0789. The fourth-order valence-electron chi connectivity index (χ4n) is 2.97. The quantitative estimate of drug-likeness (QED) is 0.433. The number of rotatable bonds is 7. The van der Waals surface area contributed by atoms with E-state index in [9.17, 15) is 9.59 Å². The molecule has 4 aromatic rings. The molecule has 4 rings (SSSR count). The molecule has 0 aliphatic rings. The average Bonchev–Trinajstić information content (AvgIpc) is 3.42. The van der Waals surface area contributed by atoms with Gasteiger partial charge in [0.2, 0.25) is 5.95 Å². The van der Waals surface area contributed by atoms with Crippen molar-refractivity contribution < 1.29 is 9.32 Å². The normalized spacial score (nSPS) is 11.1. The third kappa shape index (κ3) is 4.54. The Kier molecular flexibility index (Phi) is 5.92. The third-order valence-electron chi connectivity index (χ3n) is 4.62. The van der Waals surface area contributed by atoms with Gasteiger partial charge >= 0.3 is 0 Å². The monoisotopic (exact) mass is 461 g/mol. The van der Waals surface area contributed by atoms with Crippen LogP contribution in [0.25, 0.3) is 11.0 Å². The van der Waals surface area contributed by atoms with E-state index in [0.717, 1.165) is 5.56 Å². The Balaban J connectivity index is 1.45. The molecule has 0 bridgehead atoms. The molecule has 3 heterocycles. The molecule has 3 aromatic heterocycles. The number of likely N-dealkylation sites (N-methyl/N-ethyl adjacent to an activating group) is 1. The van der Waals surface area contributed by atoms with Crippen LogP contribution in [0.1, 0.15) is 15.9 Å². The van der Waals surface area contributed by atoms with E-state index in [-0.39, 0.29) is 11.5 Å². The number of nitrogens with one attached hydrogen (secondary N) is 2. The van der Waals surface area contributed by atoms with Gasteiger partial charge in [-0.25, -0.2) is 4.98 Å². The van der Waals surface area contributed by atoms with Crippen LogP contribution < -0.4 is 10.9 Å². The lowest BCUT2D eigenvalue weighted by Crippen LogP contribution is -2.30. The molecule has 0 saturated heterocycles. The van der Waals surface area contributed by atoms with Crippen molar-refractivity contribution in [3.8, 4) is 0 Å². The van der Waals surface area contributed by atoms with Crippen LogP contribution in [0.5, 0.6) is 0 Å². The molecule has 160 valence electrons. The number of halogens is 2. The largest absolute Gasteiger partial charge is 0.364 e. The predicted octanol–water partition coefficient (Wildman–Crippen LogP) is 2.80. The van der Waals surface area contributed by atoms with Gasteiger partial charge in [0.15, 0.2) is 5.52 Å². The van der Waals surface area contributed by atoms with E-state index in [1.165, 1.54) is 28.2 Å². The second kappa shape index (κ2) is 8.78. The highest BCUT2D eigenvalue weighted by atomic mass is 35.5. The number of amides is 1. The van der Waals surface area contributed by atoms with Crippen molar-refractivity contribution in [1.29, 1.82) is 0 Å². The molecule has 2 N–H and O–H groups in total. The van der Waals surface area contributed by atoms with Crippen molar-refractivity contribution in [2.75, 3.05) is 18.9 Å². The van der Waals surface area contributed by atoms with E-state index >= 15 is 0 Å². The molecule has 0 aliphatic carbocycles. The lowest BCUT2D eigenvalue weighted by Gasteiger charge is -2.16. The van der Waals surface area contributed by atoms with Gasteiger partial charge in [0.25, 0.3) is 11.5 Å². The van der Waals surface area contributed by atoms with Gasteiger partial charge in [-0.05, 0) is 17.7 Å². The topological polar surface area (TPSA) is 122 Å². The summed E-state index contributed by atoms with van der Waals surface area (Å²) < 4.78 is 6.21. The highest BCUT2D eigenvalue weighted by Gasteiger charge is 2.15. The summed E-state index contributed by atoms with van der Waals surface area (Å²) in [5.74, 6) is 0.0708. The third-order valence-corrected chi connectivity index (χ3v) is 5.36. The van der Waals surface area contributed by atoms with Crippen molar-refractivity contribution in [3.05, 3.63) is 68.4 Å². The van der Waals surface area contributed by atoms with Crippen molar-refractivity contribution in [1.82, 2.24) is 29.8 Å². The molecule has 1 amide bonds. The van der Waals surface area contributed by atoms with E-state index in [2.05, 4.69) is 25.5 Å². The van der Waals surface area contributed by atoms with Crippen LogP contribution in [0.4, 0.5) is 5.95 Å². The smallest absolute Gasteiger partial charge is 0.278 e. The Bertz CT molecular complexity index is 1280. The second-order valence-electron chi connectivity index (χ2n) is 6.76. The maximum Gasteiger partial charge on any atom is 0.278 e. The number of H-pyrrole nitrogens is 1. The summed E-state index contributed by atoms with van der Waals surface area (Å²) in [7, 11) is 1.65. The number of nitrogens with zero attached hydrogens (tertiary/aromatic N) is 5. The fraction of sp³-hybridized carbons (Fsp3) is 0.211. The summed E-state index contributed by atoms with van der Waals surface area (Å²) in [5.41, 5.74) is 1.66. The first-order valence-corrected chi connectivity index (χ1v) is 9.96. The van der Waals surface area contributed by atoms with Crippen molar-refractivity contribution in [2.24, 2.45) is 0 Å². The zero-order valence-electron chi connectivity index (χ0n) is 16.3.